The predicted octanol–water partition coefficient (Wildman–Crippen LogP) is 1.79. The number of hydrogen-bond acceptors (Lipinski definition) is 2. The van der Waals surface area contributed by atoms with Crippen molar-refractivity contribution in [1.29, 1.82) is 0 Å². The Labute approximate surface area is 105 Å². The molecule has 5 heteroatoms. The van der Waals surface area contributed by atoms with E-state index in [0.29, 0.717) is 17.1 Å². The Hall–Kier alpha value is -1.49. The molecule has 0 aliphatic heterocycles. The highest BCUT2D eigenvalue weighted by Gasteiger charge is 2.14. The lowest BCUT2D eigenvalue weighted by Crippen LogP contribution is -2.34. The van der Waals surface area contributed by atoms with Crippen molar-refractivity contribution in [2.24, 2.45) is 11.7 Å². The molecule has 0 fully saturated rings. The van der Waals surface area contributed by atoms with Gasteiger partial charge in [0.05, 0.1) is 10.6 Å². The third-order valence-corrected chi connectivity index (χ3v) is 2.89. The van der Waals surface area contributed by atoms with Crippen molar-refractivity contribution in [3.63, 3.8) is 0 Å². The van der Waals surface area contributed by atoms with E-state index < -0.39 is 11.7 Å². The second-order valence-electron chi connectivity index (χ2n) is 3.95. The van der Waals surface area contributed by atoms with Crippen LogP contribution in [0.3, 0.4) is 0 Å². The predicted molar refractivity (Wildman–Crippen MR) is 69.4 cm³/mol. The molecule has 1 unspecified atom stereocenters. The van der Waals surface area contributed by atoms with Gasteiger partial charge in [-0.25, -0.2) is 4.39 Å². The Morgan fingerprint density at radius 1 is 1.59 bits per heavy atom. The fraction of sp³-hybridized carbons (Fsp3) is 0.333. The summed E-state index contributed by atoms with van der Waals surface area (Å²) in [5.41, 5.74) is 5.91. The molecule has 17 heavy (non-hydrogen) atoms. The summed E-state index contributed by atoms with van der Waals surface area (Å²) in [5.74, 6) is -1.05. The SMILES string of the molecule is Cc1cccc(C(=O)NCC(C)C(N)=S)c1F. The van der Waals surface area contributed by atoms with Crippen molar-refractivity contribution in [2.45, 2.75) is 13.8 Å². The van der Waals surface area contributed by atoms with Gasteiger partial charge in [-0.05, 0) is 18.6 Å². The standard InChI is InChI=1S/C12H15FN2OS/c1-7-4-3-5-9(10(7)13)12(16)15-6-8(2)11(14)17/h3-5,8H,6H2,1-2H3,(H2,14,17)(H,15,16). The van der Waals surface area contributed by atoms with Crippen LogP contribution in [0.1, 0.15) is 22.8 Å². The van der Waals surface area contributed by atoms with Crippen LogP contribution < -0.4 is 11.1 Å². The number of carbonyl (C=O) groups excluding carboxylic acids is 1. The summed E-state index contributed by atoms with van der Waals surface area (Å²) in [5, 5.41) is 2.60. The Morgan fingerprint density at radius 3 is 2.82 bits per heavy atom. The molecule has 0 aliphatic carbocycles. The number of aryl methyl sites for hydroxylation is 1. The Kier molecular flexibility index (Phi) is 4.57. The first kappa shape index (κ1) is 13.6. The minimum atomic E-state index is -0.493. The van der Waals surface area contributed by atoms with Gasteiger partial charge in [0.1, 0.15) is 5.82 Å². The van der Waals surface area contributed by atoms with Crippen molar-refractivity contribution in [3.05, 3.63) is 35.1 Å². The highest BCUT2D eigenvalue weighted by Crippen LogP contribution is 2.11. The maximum absolute atomic E-state index is 13.6. The van der Waals surface area contributed by atoms with E-state index in [1.165, 1.54) is 6.07 Å². The van der Waals surface area contributed by atoms with Gasteiger partial charge >= 0.3 is 0 Å². The van der Waals surface area contributed by atoms with E-state index in [1.807, 2.05) is 0 Å². The van der Waals surface area contributed by atoms with Crippen molar-refractivity contribution < 1.29 is 9.18 Å². The lowest BCUT2D eigenvalue weighted by Gasteiger charge is -2.11. The van der Waals surface area contributed by atoms with Crippen molar-refractivity contribution in [3.8, 4) is 0 Å². The lowest BCUT2D eigenvalue weighted by atomic mass is 10.1. The number of carbonyl (C=O) groups is 1. The van der Waals surface area contributed by atoms with Crippen LogP contribution in [-0.4, -0.2) is 17.4 Å². The van der Waals surface area contributed by atoms with E-state index in [-0.39, 0.29) is 11.5 Å². The van der Waals surface area contributed by atoms with Gasteiger partial charge in [-0.15, -0.1) is 0 Å². The normalized spacial score (nSPS) is 11.9. The lowest BCUT2D eigenvalue weighted by molar-refractivity contribution is 0.0947. The minimum absolute atomic E-state index is 0.0418. The fourth-order valence-electron chi connectivity index (χ4n) is 1.26. The van der Waals surface area contributed by atoms with Crippen LogP contribution in [0.5, 0.6) is 0 Å². The van der Waals surface area contributed by atoms with Crippen LogP contribution >= 0.6 is 12.2 Å². The molecule has 3 N–H and O–H groups in total. The van der Waals surface area contributed by atoms with E-state index in [1.54, 1.807) is 26.0 Å². The Balaban J connectivity index is 2.71. The molecule has 1 rings (SSSR count). The number of rotatable bonds is 4. The average molecular weight is 254 g/mol. The molecule has 0 bridgehead atoms. The smallest absolute Gasteiger partial charge is 0.254 e. The molecule has 1 atom stereocenters. The first-order chi connectivity index (χ1) is 7.93. The zero-order valence-corrected chi connectivity index (χ0v) is 10.6. The van der Waals surface area contributed by atoms with Crippen LogP contribution in [0.4, 0.5) is 4.39 Å². The Morgan fingerprint density at radius 2 is 2.24 bits per heavy atom. The molecule has 0 aromatic heterocycles. The first-order valence-electron chi connectivity index (χ1n) is 5.26. The van der Waals surface area contributed by atoms with E-state index in [0.717, 1.165) is 0 Å². The summed E-state index contributed by atoms with van der Waals surface area (Å²) in [6, 6.07) is 4.71. The summed E-state index contributed by atoms with van der Waals surface area (Å²) in [4.78, 5) is 12.0. The summed E-state index contributed by atoms with van der Waals surface area (Å²) in [6.45, 7) is 3.72. The van der Waals surface area contributed by atoms with E-state index in [4.69, 9.17) is 18.0 Å². The maximum atomic E-state index is 13.6. The van der Waals surface area contributed by atoms with Gasteiger partial charge in [0.15, 0.2) is 0 Å². The number of nitrogens with two attached hydrogens (primary N) is 1. The van der Waals surface area contributed by atoms with Gasteiger partial charge in [-0.2, -0.15) is 0 Å². The van der Waals surface area contributed by atoms with Crippen molar-refractivity contribution in [1.82, 2.24) is 5.32 Å². The molecule has 3 nitrogen and oxygen atoms in total. The van der Waals surface area contributed by atoms with Gasteiger partial charge in [0, 0.05) is 12.5 Å². The molecule has 0 heterocycles. The third kappa shape index (κ3) is 3.49. The molecule has 1 amide bonds. The molecular formula is C12H15FN2OS. The van der Waals surface area contributed by atoms with Crippen LogP contribution in [0.2, 0.25) is 0 Å². The highest BCUT2D eigenvalue weighted by atomic mass is 32.1. The van der Waals surface area contributed by atoms with Gasteiger partial charge in [0.25, 0.3) is 5.91 Å². The second kappa shape index (κ2) is 5.72. The topological polar surface area (TPSA) is 55.1 Å². The number of amides is 1. The van der Waals surface area contributed by atoms with Crippen LogP contribution in [0, 0.1) is 18.7 Å². The van der Waals surface area contributed by atoms with Crippen LogP contribution in [0.25, 0.3) is 0 Å². The molecule has 0 radical (unpaired) electrons. The summed E-state index contributed by atoms with van der Waals surface area (Å²) in [6.07, 6.45) is 0. The molecule has 0 saturated heterocycles. The van der Waals surface area contributed by atoms with E-state index in [2.05, 4.69) is 5.32 Å². The zero-order chi connectivity index (χ0) is 13.0. The summed E-state index contributed by atoms with van der Waals surface area (Å²) < 4.78 is 13.6. The molecule has 1 aromatic carbocycles. The number of nitrogens with one attached hydrogen (secondary N) is 1. The maximum Gasteiger partial charge on any atom is 0.254 e. The number of thiocarbonyl (C=S) groups is 1. The number of hydrogen-bond donors (Lipinski definition) is 2. The second-order valence-corrected chi connectivity index (χ2v) is 4.42. The highest BCUT2D eigenvalue weighted by molar-refractivity contribution is 7.80. The molecular weight excluding hydrogens is 239 g/mol. The number of halogens is 1. The average Bonchev–Trinajstić information content (AvgIpc) is 2.29. The first-order valence-corrected chi connectivity index (χ1v) is 5.67. The van der Waals surface area contributed by atoms with E-state index >= 15 is 0 Å². The minimum Gasteiger partial charge on any atom is -0.393 e. The molecule has 0 spiro atoms. The summed E-state index contributed by atoms with van der Waals surface area (Å²) in [7, 11) is 0. The van der Waals surface area contributed by atoms with Gasteiger partial charge in [-0.3, -0.25) is 4.79 Å². The Bertz CT molecular complexity index is 448. The van der Waals surface area contributed by atoms with Gasteiger partial charge < -0.3 is 11.1 Å². The fourth-order valence-corrected chi connectivity index (χ4v) is 1.35. The quantitative estimate of drug-likeness (QED) is 0.805. The molecule has 92 valence electrons. The van der Waals surface area contributed by atoms with Crippen LogP contribution in [-0.2, 0) is 0 Å². The van der Waals surface area contributed by atoms with E-state index in [9.17, 15) is 9.18 Å². The van der Waals surface area contributed by atoms with Crippen molar-refractivity contribution >= 4 is 23.1 Å². The van der Waals surface area contributed by atoms with Crippen molar-refractivity contribution in [2.75, 3.05) is 6.54 Å². The molecule has 0 aliphatic rings. The summed E-state index contributed by atoms with van der Waals surface area (Å²) >= 11 is 4.79. The van der Waals surface area contributed by atoms with Gasteiger partial charge in [-0.1, -0.05) is 31.3 Å². The largest absolute Gasteiger partial charge is 0.393 e. The zero-order valence-electron chi connectivity index (χ0n) is 9.79. The molecule has 0 saturated carbocycles. The monoisotopic (exact) mass is 254 g/mol. The third-order valence-electron chi connectivity index (χ3n) is 2.49. The molecule has 1 aromatic rings. The number of benzene rings is 1. The van der Waals surface area contributed by atoms with Gasteiger partial charge in [0.2, 0.25) is 0 Å². The van der Waals surface area contributed by atoms with Crippen LogP contribution in [0.15, 0.2) is 18.2 Å².